The van der Waals surface area contributed by atoms with E-state index in [4.69, 9.17) is 0 Å². The van der Waals surface area contributed by atoms with Crippen molar-refractivity contribution in [1.29, 1.82) is 0 Å². The Kier molecular flexibility index (Phi) is 6.81. The average molecular weight is 352 g/mol. The molecule has 0 aliphatic carbocycles. The van der Waals surface area contributed by atoms with E-state index < -0.39 is 0 Å². The van der Waals surface area contributed by atoms with Crippen LogP contribution in [0.5, 0.6) is 0 Å². The van der Waals surface area contributed by atoms with E-state index in [1.807, 2.05) is 0 Å². The summed E-state index contributed by atoms with van der Waals surface area (Å²) in [5.74, 6) is 0. The van der Waals surface area contributed by atoms with E-state index in [0.717, 1.165) is 12.8 Å². The van der Waals surface area contributed by atoms with Gasteiger partial charge in [0.15, 0.2) is 0 Å². The van der Waals surface area contributed by atoms with Crippen molar-refractivity contribution in [2.24, 2.45) is 0 Å². The SMILES string of the molecule is CCc1ccc(Cc2c(C)ccc([NH2+]c3ccccc3)c2C)cc1.[Cl-]. The molecular weight excluding hydrogens is 326 g/mol. The largest absolute Gasteiger partial charge is 1.00 e. The lowest BCUT2D eigenvalue weighted by atomic mass is 9.94. The van der Waals surface area contributed by atoms with Crippen molar-refractivity contribution >= 4 is 11.4 Å². The van der Waals surface area contributed by atoms with Gasteiger partial charge in [0.05, 0.1) is 0 Å². The molecule has 0 amide bonds. The van der Waals surface area contributed by atoms with Crippen LogP contribution < -0.4 is 17.7 Å². The molecule has 0 radical (unpaired) electrons. The molecule has 1 nitrogen and oxygen atoms in total. The Morgan fingerprint density at radius 2 is 1.40 bits per heavy atom. The minimum absolute atomic E-state index is 0. The molecule has 130 valence electrons. The first-order valence-corrected chi connectivity index (χ1v) is 8.74. The van der Waals surface area contributed by atoms with E-state index in [0.29, 0.717) is 0 Å². The molecular formula is C23H26ClN. The molecule has 25 heavy (non-hydrogen) atoms. The lowest BCUT2D eigenvalue weighted by Crippen LogP contribution is -3.00. The van der Waals surface area contributed by atoms with Gasteiger partial charge in [-0.3, -0.25) is 5.32 Å². The third kappa shape index (κ3) is 4.72. The highest BCUT2D eigenvalue weighted by Crippen LogP contribution is 2.23. The summed E-state index contributed by atoms with van der Waals surface area (Å²) in [5.41, 5.74) is 9.56. The molecule has 3 aromatic carbocycles. The lowest BCUT2D eigenvalue weighted by Gasteiger charge is -2.13. The third-order valence-corrected chi connectivity index (χ3v) is 4.81. The minimum Gasteiger partial charge on any atom is -1.00 e. The fourth-order valence-corrected chi connectivity index (χ4v) is 3.16. The van der Waals surface area contributed by atoms with Crippen LogP contribution in [0.25, 0.3) is 0 Å². The molecule has 0 heterocycles. The summed E-state index contributed by atoms with van der Waals surface area (Å²) in [6, 6.07) is 24.1. The summed E-state index contributed by atoms with van der Waals surface area (Å²) >= 11 is 0. The number of hydrogen-bond donors (Lipinski definition) is 1. The van der Waals surface area contributed by atoms with Crippen molar-refractivity contribution in [3.63, 3.8) is 0 Å². The maximum absolute atomic E-state index is 2.28. The number of hydrogen-bond acceptors (Lipinski definition) is 0. The topological polar surface area (TPSA) is 16.6 Å². The van der Waals surface area contributed by atoms with E-state index in [1.165, 1.54) is 39.2 Å². The van der Waals surface area contributed by atoms with Crippen LogP contribution in [0.4, 0.5) is 11.4 Å². The predicted octanol–water partition coefficient (Wildman–Crippen LogP) is 1.99. The van der Waals surface area contributed by atoms with Crippen LogP contribution >= 0.6 is 0 Å². The van der Waals surface area contributed by atoms with Gasteiger partial charge in [0.25, 0.3) is 0 Å². The molecule has 2 N–H and O–H groups in total. The second-order valence-electron chi connectivity index (χ2n) is 6.48. The number of nitrogens with two attached hydrogens (primary N) is 1. The van der Waals surface area contributed by atoms with Crippen LogP contribution in [0.1, 0.15) is 34.7 Å². The smallest absolute Gasteiger partial charge is 0.137 e. The zero-order chi connectivity index (χ0) is 16.9. The van der Waals surface area contributed by atoms with Crippen molar-refractivity contribution in [1.82, 2.24) is 0 Å². The first-order valence-electron chi connectivity index (χ1n) is 8.74. The van der Waals surface area contributed by atoms with Gasteiger partial charge in [0.1, 0.15) is 11.4 Å². The molecule has 0 bridgehead atoms. The molecule has 0 spiro atoms. The average Bonchev–Trinajstić information content (AvgIpc) is 2.62. The van der Waals surface area contributed by atoms with Gasteiger partial charge in [0, 0.05) is 5.56 Å². The Labute approximate surface area is 157 Å². The quantitative estimate of drug-likeness (QED) is 0.677. The normalized spacial score (nSPS) is 10.4. The van der Waals surface area contributed by atoms with Gasteiger partial charge in [-0.2, -0.15) is 0 Å². The minimum atomic E-state index is 0. The second-order valence-corrected chi connectivity index (χ2v) is 6.48. The van der Waals surface area contributed by atoms with E-state index in [2.05, 4.69) is 92.8 Å². The van der Waals surface area contributed by atoms with Gasteiger partial charge in [-0.05, 0) is 67.1 Å². The number of quaternary nitrogens is 1. The Hall–Kier alpha value is -2.09. The highest BCUT2D eigenvalue weighted by atomic mass is 35.5. The highest BCUT2D eigenvalue weighted by molar-refractivity contribution is 5.51. The Balaban J connectivity index is 0.00000225. The van der Waals surface area contributed by atoms with Crippen molar-refractivity contribution < 1.29 is 17.7 Å². The summed E-state index contributed by atoms with van der Waals surface area (Å²) in [4.78, 5) is 0. The molecule has 3 aromatic rings. The van der Waals surface area contributed by atoms with Crippen LogP contribution in [-0.2, 0) is 12.8 Å². The number of aryl methyl sites for hydroxylation is 2. The Morgan fingerprint density at radius 3 is 2.04 bits per heavy atom. The number of halogens is 1. The molecule has 0 aliphatic rings. The molecule has 0 saturated carbocycles. The Bertz CT molecular complexity index is 808. The van der Waals surface area contributed by atoms with Gasteiger partial charge in [0.2, 0.25) is 0 Å². The number of rotatable bonds is 5. The van der Waals surface area contributed by atoms with E-state index in [-0.39, 0.29) is 12.4 Å². The van der Waals surface area contributed by atoms with Crippen molar-refractivity contribution in [3.8, 4) is 0 Å². The van der Waals surface area contributed by atoms with Crippen molar-refractivity contribution in [3.05, 3.63) is 94.5 Å². The van der Waals surface area contributed by atoms with Gasteiger partial charge < -0.3 is 12.4 Å². The van der Waals surface area contributed by atoms with Crippen LogP contribution in [-0.4, -0.2) is 0 Å². The Morgan fingerprint density at radius 1 is 0.760 bits per heavy atom. The standard InChI is InChI=1S/C23H25N.ClH/c1-4-19-11-13-20(14-12-19)16-22-17(2)10-15-23(18(22)3)24-21-8-6-5-7-9-21;/h5-15,24H,4,16H2,1-3H3;1H. The number of benzene rings is 3. The van der Waals surface area contributed by atoms with Crippen molar-refractivity contribution in [2.75, 3.05) is 0 Å². The molecule has 3 rings (SSSR count). The van der Waals surface area contributed by atoms with E-state index in [9.17, 15) is 0 Å². The second kappa shape index (κ2) is 8.84. The maximum atomic E-state index is 2.28. The lowest BCUT2D eigenvalue weighted by molar-refractivity contribution is -0.479. The highest BCUT2D eigenvalue weighted by Gasteiger charge is 2.12. The summed E-state index contributed by atoms with van der Waals surface area (Å²) in [5, 5.41) is 2.28. The number of para-hydroxylation sites is 1. The van der Waals surface area contributed by atoms with Crippen LogP contribution in [0.3, 0.4) is 0 Å². The van der Waals surface area contributed by atoms with E-state index in [1.54, 1.807) is 0 Å². The molecule has 0 aliphatic heterocycles. The van der Waals surface area contributed by atoms with Crippen molar-refractivity contribution in [2.45, 2.75) is 33.6 Å². The monoisotopic (exact) mass is 351 g/mol. The summed E-state index contributed by atoms with van der Waals surface area (Å²) in [6.07, 6.45) is 2.10. The van der Waals surface area contributed by atoms with E-state index >= 15 is 0 Å². The molecule has 2 heteroatoms. The van der Waals surface area contributed by atoms with Crippen LogP contribution in [0, 0.1) is 13.8 Å². The maximum Gasteiger partial charge on any atom is 0.137 e. The fraction of sp³-hybridized carbons (Fsp3) is 0.217. The zero-order valence-electron chi connectivity index (χ0n) is 15.2. The summed E-state index contributed by atoms with van der Waals surface area (Å²) in [7, 11) is 0. The van der Waals surface area contributed by atoms with Gasteiger partial charge in [-0.15, -0.1) is 0 Å². The van der Waals surface area contributed by atoms with Crippen LogP contribution in [0.2, 0.25) is 0 Å². The third-order valence-electron chi connectivity index (χ3n) is 4.81. The molecule has 0 unspecified atom stereocenters. The van der Waals surface area contributed by atoms with Gasteiger partial charge >= 0.3 is 0 Å². The van der Waals surface area contributed by atoms with Gasteiger partial charge in [-0.1, -0.05) is 55.5 Å². The van der Waals surface area contributed by atoms with Gasteiger partial charge in [-0.25, -0.2) is 0 Å². The molecule has 0 atom stereocenters. The predicted molar refractivity (Wildman–Crippen MR) is 102 cm³/mol. The zero-order valence-corrected chi connectivity index (χ0v) is 16.0. The summed E-state index contributed by atoms with van der Waals surface area (Å²) in [6.45, 7) is 6.67. The molecule has 0 saturated heterocycles. The first kappa shape index (κ1) is 19.2. The molecule has 0 aromatic heterocycles. The first-order chi connectivity index (χ1) is 11.7. The van der Waals surface area contributed by atoms with Crippen LogP contribution in [0.15, 0.2) is 66.7 Å². The summed E-state index contributed by atoms with van der Waals surface area (Å²) < 4.78 is 0. The fourth-order valence-electron chi connectivity index (χ4n) is 3.16. The molecule has 0 fully saturated rings.